The molecule has 116 valence electrons. The molecule has 5 heteroatoms. The highest BCUT2D eigenvalue weighted by Crippen LogP contribution is 2.13. The van der Waals surface area contributed by atoms with Crippen LogP contribution < -0.4 is 10.1 Å². The van der Waals surface area contributed by atoms with Gasteiger partial charge in [0.05, 0.1) is 12.7 Å². The largest absolute Gasteiger partial charge is 0.491 e. The van der Waals surface area contributed by atoms with E-state index in [1.165, 1.54) is 0 Å². The van der Waals surface area contributed by atoms with Gasteiger partial charge in [0.2, 0.25) is 0 Å². The second-order valence-corrected chi connectivity index (χ2v) is 4.91. The van der Waals surface area contributed by atoms with E-state index in [9.17, 15) is 4.79 Å². The van der Waals surface area contributed by atoms with Crippen LogP contribution in [-0.4, -0.2) is 45.0 Å². The normalized spacial score (nSPS) is 17.7. The highest BCUT2D eigenvalue weighted by molar-refractivity contribution is 5.94. The van der Waals surface area contributed by atoms with Crippen molar-refractivity contribution in [3.63, 3.8) is 0 Å². The average Bonchev–Trinajstić information content (AvgIpc) is 3.03. The molecule has 1 aromatic rings. The summed E-state index contributed by atoms with van der Waals surface area (Å²) in [7, 11) is 0. The van der Waals surface area contributed by atoms with Crippen molar-refractivity contribution in [1.29, 1.82) is 0 Å². The van der Waals surface area contributed by atoms with Crippen LogP contribution in [0.4, 0.5) is 0 Å². The van der Waals surface area contributed by atoms with Crippen molar-refractivity contribution in [1.82, 2.24) is 5.32 Å². The van der Waals surface area contributed by atoms with Crippen molar-refractivity contribution in [3.05, 3.63) is 29.8 Å². The summed E-state index contributed by atoms with van der Waals surface area (Å²) in [5.41, 5.74) is 0.630. The van der Waals surface area contributed by atoms with Gasteiger partial charge in [0.15, 0.2) is 0 Å². The molecule has 0 saturated carbocycles. The molecule has 21 heavy (non-hydrogen) atoms. The fourth-order valence-electron chi connectivity index (χ4n) is 2.18. The van der Waals surface area contributed by atoms with Crippen molar-refractivity contribution in [3.8, 4) is 5.75 Å². The number of ether oxygens (including phenoxy) is 3. The summed E-state index contributed by atoms with van der Waals surface area (Å²) in [6.07, 6.45) is 2.26. The standard InChI is InChI=1S/C16H23NO4/c1-2-19-10-11-21-14-7-5-13(6-8-14)16(18)17-12-15-4-3-9-20-15/h5-8,15H,2-4,9-12H2,1H3,(H,17,18). The number of carbonyl (C=O) groups excluding carboxylic acids is 1. The first-order chi connectivity index (χ1) is 10.3. The van der Waals surface area contributed by atoms with Gasteiger partial charge in [-0.25, -0.2) is 0 Å². The van der Waals surface area contributed by atoms with Gasteiger partial charge in [0.1, 0.15) is 12.4 Å². The summed E-state index contributed by atoms with van der Waals surface area (Å²) >= 11 is 0. The molecule has 1 saturated heterocycles. The molecule has 0 spiro atoms. The molecule has 2 rings (SSSR count). The number of hydrogen-bond donors (Lipinski definition) is 1. The van der Waals surface area contributed by atoms with Crippen LogP contribution in [-0.2, 0) is 9.47 Å². The monoisotopic (exact) mass is 293 g/mol. The molecule has 1 heterocycles. The zero-order chi connectivity index (χ0) is 14.9. The van der Waals surface area contributed by atoms with E-state index < -0.39 is 0 Å². The molecule has 1 amide bonds. The molecule has 1 atom stereocenters. The maximum atomic E-state index is 12.0. The van der Waals surface area contributed by atoms with Crippen molar-refractivity contribution >= 4 is 5.91 Å². The molecular formula is C16H23NO4. The molecule has 0 aliphatic carbocycles. The Morgan fingerprint density at radius 2 is 2.14 bits per heavy atom. The first kappa shape index (κ1) is 15.8. The average molecular weight is 293 g/mol. The zero-order valence-electron chi connectivity index (χ0n) is 12.5. The molecule has 1 aliphatic heterocycles. The van der Waals surface area contributed by atoms with Crippen LogP contribution in [0.3, 0.4) is 0 Å². The van der Waals surface area contributed by atoms with E-state index in [4.69, 9.17) is 14.2 Å². The third-order valence-electron chi connectivity index (χ3n) is 3.33. The fourth-order valence-corrected chi connectivity index (χ4v) is 2.18. The van der Waals surface area contributed by atoms with Crippen LogP contribution in [0.2, 0.25) is 0 Å². The Bertz CT molecular complexity index is 426. The van der Waals surface area contributed by atoms with E-state index in [0.717, 1.165) is 25.2 Å². The van der Waals surface area contributed by atoms with Gasteiger partial charge in [0, 0.05) is 25.3 Å². The van der Waals surface area contributed by atoms with Crippen LogP contribution in [0.15, 0.2) is 24.3 Å². The maximum Gasteiger partial charge on any atom is 0.251 e. The summed E-state index contributed by atoms with van der Waals surface area (Å²) in [6.45, 7) is 5.09. The smallest absolute Gasteiger partial charge is 0.251 e. The maximum absolute atomic E-state index is 12.0. The highest BCUT2D eigenvalue weighted by atomic mass is 16.5. The lowest BCUT2D eigenvalue weighted by atomic mass is 10.2. The van der Waals surface area contributed by atoms with E-state index >= 15 is 0 Å². The Morgan fingerprint density at radius 3 is 2.81 bits per heavy atom. The van der Waals surface area contributed by atoms with Crippen LogP contribution in [0.1, 0.15) is 30.1 Å². The second-order valence-electron chi connectivity index (χ2n) is 4.91. The molecule has 1 N–H and O–H groups in total. The minimum Gasteiger partial charge on any atom is -0.491 e. The number of amides is 1. The minimum atomic E-state index is -0.0774. The summed E-state index contributed by atoms with van der Waals surface area (Å²) in [4.78, 5) is 12.0. The summed E-state index contributed by atoms with van der Waals surface area (Å²) in [6, 6.07) is 7.13. The molecular weight excluding hydrogens is 270 g/mol. The number of rotatable bonds is 8. The lowest BCUT2D eigenvalue weighted by molar-refractivity contribution is 0.0857. The van der Waals surface area contributed by atoms with Gasteiger partial charge in [0.25, 0.3) is 5.91 Å². The highest BCUT2D eigenvalue weighted by Gasteiger charge is 2.16. The van der Waals surface area contributed by atoms with Crippen molar-refractivity contribution < 1.29 is 19.0 Å². The van der Waals surface area contributed by atoms with Crippen molar-refractivity contribution in [2.45, 2.75) is 25.9 Å². The molecule has 0 radical (unpaired) electrons. The number of nitrogens with one attached hydrogen (secondary N) is 1. The topological polar surface area (TPSA) is 56.8 Å². The first-order valence-electron chi connectivity index (χ1n) is 7.50. The van der Waals surface area contributed by atoms with E-state index in [2.05, 4.69) is 5.32 Å². The van der Waals surface area contributed by atoms with Crippen molar-refractivity contribution in [2.24, 2.45) is 0 Å². The fraction of sp³-hybridized carbons (Fsp3) is 0.562. The SMILES string of the molecule is CCOCCOc1ccc(C(=O)NCC2CCCO2)cc1. The van der Waals surface area contributed by atoms with Crippen LogP contribution >= 0.6 is 0 Å². The molecule has 5 nitrogen and oxygen atoms in total. The summed E-state index contributed by atoms with van der Waals surface area (Å²) in [5, 5.41) is 2.90. The van der Waals surface area contributed by atoms with Crippen molar-refractivity contribution in [2.75, 3.05) is 33.0 Å². The summed E-state index contributed by atoms with van der Waals surface area (Å²) in [5.74, 6) is 0.664. The molecule has 1 unspecified atom stereocenters. The van der Waals surface area contributed by atoms with E-state index in [1.54, 1.807) is 24.3 Å². The Balaban J connectivity index is 1.73. The molecule has 1 aromatic carbocycles. The van der Waals surface area contributed by atoms with Gasteiger partial charge in [-0.2, -0.15) is 0 Å². The van der Waals surface area contributed by atoms with Gasteiger partial charge in [-0.15, -0.1) is 0 Å². The second kappa shape index (κ2) is 8.64. The van der Waals surface area contributed by atoms with Crippen LogP contribution in [0.25, 0.3) is 0 Å². The molecule has 0 bridgehead atoms. The Morgan fingerprint density at radius 1 is 1.33 bits per heavy atom. The van der Waals surface area contributed by atoms with E-state index in [-0.39, 0.29) is 12.0 Å². The predicted octanol–water partition coefficient (Wildman–Crippen LogP) is 2.01. The minimum absolute atomic E-state index is 0.0774. The van der Waals surface area contributed by atoms with Gasteiger partial charge >= 0.3 is 0 Å². The Kier molecular flexibility index (Phi) is 6.50. The summed E-state index contributed by atoms with van der Waals surface area (Å²) < 4.78 is 16.2. The molecule has 1 fully saturated rings. The van der Waals surface area contributed by atoms with E-state index in [0.29, 0.717) is 31.9 Å². The third kappa shape index (κ3) is 5.36. The molecule has 0 aromatic heterocycles. The number of benzene rings is 1. The number of carbonyl (C=O) groups is 1. The van der Waals surface area contributed by atoms with Crippen LogP contribution in [0, 0.1) is 0 Å². The number of hydrogen-bond acceptors (Lipinski definition) is 4. The van der Waals surface area contributed by atoms with Gasteiger partial charge < -0.3 is 19.5 Å². The van der Waals surface area contributed by atoms with Gasteiger partial charge in [-0.1, -0.05) is 0 Å². The Hall–Kier alpha value is -1.59. The molecule has 1 aliphatic rings. The predicted molar refractivity (Wildman–Crippen MR) is 79.7 cm³/mol. The van der Waals surface area contributed by atoms with Gasteiger partial charge in [-0.05, 0) is 44.0 Å². The quantitative estimate of drug-likeness (QED) is 0.745. The van der Waals surface area contributed by atoms with Crippen LogP contribution in [0.5, 0.6) is 5.75 Å². The third-order valence-corrected chi connectivity index (χ3v) is 3.33. The van der Waals surface area contributed by atoms with Gasteiger partial charge in [-0.3, -0.25) is 4.79 Å². The Labute approximate surface area is 125 Å². The lowest BCUT2D eigenvalue weighted by Crippen LogP contribution is -2.31. The zero-order valence-corrected chi connectivity index (χ0v) is 12.5. The lowest BCUT2D eigenvalue weighted by Gasteiger charge is -2.11. The van der Waals surface area contributed by atoms with E-state index in [1.807, 2.05) is 6.92 Å². The first-order valence-corrected chi connectivity index (χ1v) is 7.50.